The average Bonchev–Trinajstić information content (AvgIpc) is 3.93. The number of hydrogen-bond acceptors (Lipinski definition) is 1. The summed E-state index contributed by atoms with van der Waals surface area (Å²) in [4.78, 5) is 2.47. The third-order valence-electron chi connectivity index (χ3n) is 14.8. The second-order valence-electron chi connectivity index (χ2n) is 18.3. The largest absolute Gasteiger partial charge is 0.310 e. The standard InChI is InChI=1S/C67H44N2/c1-4-19-46(20-5-1)67(47-21-6-2-7-22-47)62-32-16-14-29-58(62)59-42-40-51(44-63(59)67)68(50-39-41-57-55-27-11-10-25-53(55)54-26-12-13-28-56(54)61(57)43-50)49-37-35-45(36-38-49)52-31-18-34-65-66(52)60-30-15-17-33-64(60)69(65)48-23-8-3-9-24-48/h1-44H. The Balaban J connectivity index is 1.00. The highest BCUT2D eigenvalue weighted by atomic mass is 15.1. The van der Waals surface area contributed by atoms with Crippen LogP contribution < -0.4 is 4.90 Å². The van der Waals surface area contributed by atoms with Gasteiger partial charge in [0.25, 0.3) is 0 Å². The molecule has 0 bridgehead atoms. The van der Waals surface area contributed by atoms with Crippen LogP contribution in [0.15, 0.2) is 267 Å². The Morgan fingerprint density at radius 1 is 0.290 bits per heavy atom. The molecule has 0 saturated carbocycles. The van der Waals surface area contributed by atoms with Crippen LogP contribution in [0.1, 0.15) is 22.3 Å². The zero-order valence-electron chi connectivity index (χ0n) is 37.8. The first-order valence-electron chi connectivity index (χ1n) is 23.9. The van der Waals surface area contributed by atoms with Gasteiger partial charge in [0.2, 0.25) is 0 Å². The molecule has 0 radical (unpaired) electrons. The van der Waals surface area contributed by atoms with Crippen molar-refractivity contribution in [2.45, 2.75) is 5.41 Å². The van der Waals surface area contributed by atoms with E-state index in [0.717, 1.165) is 22.7 Å². The highest BCUT2D eigenvalue weighted by Crippen LogP contribution is 2.57. The van der Waals surface area contributed by atoms with Crippen molar-refractivity contribution in [2.75, 3.05) is 4.90 Å². The maximum atomic E-state index is 2.48. The third-order valence-corrected chi connectivity index (χ3v) is 14.8. The highest BCUT2D eigenvalue weighted by molar-refractivity contribution is 6.26. The van der Waals surface area contributed by atoms with Gasteiger partial charge in [-0.2, -0.15) is 0 Å². The molecule has 0 amide bonds. The molecule has 0 saturated heterocycles. The van der Waals surface area contributed by atoms with Crippen LogP contribution in [0, 0.1) is 0 Å². The summed E-state index contributed by atoms with van der Waals surface area (Å²) >= 11 is 0. The highest BCUT2D eigenvalue weighted by Gasteiger charge is 2.46. The SMILES string of the molecule is c1ccc(-n2c3ccccc3c3c(-c4ccc(N(c5ccc6c(c5)C(c5ccccc5)(c5ccccc5)c5ccccc5-6)c5ccc6c7ccccc7c7ccccc7c6c5)cc4)cccc32)cc1. The molecule has 1 aliphatic rings. The van der Waals surface area contributed by atoms with Crippen molar-refractivity contribution in [1.82, 2.24) is 4.57 Å². The molecule has 13 aromatic rings. The Morgan fingerprint density at radius 2 is 0.768 bits per heavy atom. The number of rotatable bonds is 7. The lowest BCUT2D eigenvalue weighted by atomic mass is 9.67. The Kier molecular flexibility index (Phi) is 8.84. The summed E-state index contributed by atoms with van der Waals surface area (Å²) in [5.41, 5.74) is 16.3. The molecule has 1 aromatic heterocycles. The molecule has 0 N–H and O–H groups in total. The lowest BCUT2D eigenvalue weighted by Gasteiger charge is -2.35. The van der Waals surface area contributed by atoms with Crippen molar-refractivity contribution < 1.29 is 0 Å². The summed E-state index contributed by atoms with van der Waals surface area (Å²) in [6.07, 6.45) is 0. The summed E-state index contributed by atoms with van der Waals surface area (Å²) in [5, 5.41) is 10.1. The van der Waals surface area contributed by atoms with Crippen LogP contribution in [0.5, 0.6) is 0 Å². The average molecular weight is 877 g/mol. The minimum absolute atomic E-state index is 0.532. The van der Waals surface area contributed by atoms with Crippen LogP contribution in [0.25, 0.3) is 82.1 Å². The van der Waals surface area contributed by atoms with Crippen molar-refractivity contribution >= 4 is 71.2 Å². The summed E-state index contributed by atoms with van der Waals surface area (Å²) < 4.78 is 2.40. The summed E-state index contributed by atoms with van der Waals surface area (Å²) in [7, 11) is 0. The van der Waals surface area contributed by atoms with Crippen LogP contribution >= 0.6 is 0 Å². The van der Waals surface area contributed by atoms with Gasteiger partial charge >= 0.3 is 0 Å². The maximum Gasteiger partial charge on any atom is 0.0714 e. The molecule has 2 heteroatoms. The van der Waals surface area contributed by atoms with Crippen LogP contribution in [0.2, 0.25) is 0 Å². The molecule has 1 heterocycles. The van der Waals surface area contributed by atoms with E-state index in [4.69, 9.17) is 0 Å². The van der Waals surface area contributed by atoms with Crippen LogP contribution in [0.3, 0.4) is 0 Å². The molecule has 0 spiro atoms. The summed E-state index contributed by atoms with van der Waals surface area (Å²) in [5.74, 6) is 0. The molecular weight excluding hydrogens is 833 g/mol. The van der Waals surface area contributed by atoms with Gasteiger partial charge in [0.1, 0.15) is 0 Å². The predicted molar refractivity (Wildman–Crippen MR) is 291 cm³/mol. The molecule has 14 rings (SSSR count). The van der Waals surface area contributed by atoms with Gasteiger partial charge in [0.15, 0.2) is 0 Å². The lowest BCUT2D eigenvalue weighted by molar-refractivity contribution is 0.768. The second kappa shape index (κ2) is 15.6. The van der Waals surface area contributed by atoms with Crippen molar-refractivity contribution in [2.24, 2.45) is 0 Å². The van der Waals surface area contributed by atoms with Crippen molar-refractivity contribution in [3.05, 3.63) is 289 Å². The molecule has 0 fully saturated rings. The van der Waals surface area contributed by atoms with E-state index in [9.17, 15) is 0 Å². The predicted octanol–water partition coefficient (Wildman–Crippen LogP) is 17.7. The van der Waals surface area contributed by atoms with E-state index < -0.39 is 5.41 Å². The lowest BCUT2D eigenvalue weighted by Crippen LogP contribution is -2.28. The van der Waals surface area contributed by atoms with Crippen LogP contribution in [-0.2, 0) is 5.41 Å². The molecule has 1 aliphatic carbocycles. The number of anilines is 3. The molecule has 2 nitrogen and oxygen atoms in total. The van der Waals surface area contributed by atoms with Gasteiger partial charge in [-0.3, -0.25) is 0 Å². The zero-order valence-corrected chi connectivity index (χ0v) is 37.8. The van der Waals surface area contributed by atoms with Crippen LogP contribution in [0.4, 0.5) is 17.1 Å². The first-order chi connectivity index (χ1) is 34.3. The van der Waals surface area contributed by atoms with E-state index in [1.807, 2.05) is 0 Å². The topological polar surface area (TPSA) is 8.17 Å². The first kappa shape index (κ1) is 39.2. The smallest absolute Gasteiger partial charge is 0.0714 e. The van der Waals surface area contributed by atoms with E-state index in [2.05, 4.69) is 276 Å². The van der Waals surface area contributed by atoms with E-state index in [-0.39, 0.29) is 0 Å². The van der Waals surface area contributed by atoms with E-state index in [0.29, 0.717) is 0 Å². The van der Waals surface area contributed by atoms with E-state index in [1.165, 1.54) is 98.6 Å². The number of hydrogen-bond donors (Lipinski definition) is 0. The normalized spacial score (nSPS) is 12.8. The fraction of sp³-hybridized carbons (Fsp3) is 0.0149. The van der Waals surface area contributed by atoms with Crippen molar-refractivity contribution in [3.8, 4) is 27.9 Å². The Bertz CT molecular complexity index is 4040. The van der Waals surface area contributed by atoms with Crippen molar-refractivity contribution in [1.29, 1.82) is 0 Å². The minimum atomic E-state index is -0.532. The Labute approximate surface area is 401 Å². The maximum absolute atomic E-state index is 2.48. The quantitative estimate of drug-likeness (QED) is 0.145. The van der Waals surface area contributed by atoms with Gasteiger partial charge in [-0.1, -0.05) is 206 Å². The number of nitrogens with zero attached hydrogens (tertiary/aromatic N) is 2. The molecule has 0 aliphatic heterocycles. The number of para-hydroxylation sites is 2. The van der Waals surface area contributed by atoms with Gasteiger partial charge in [0.05, 0.1) is 16.4 Å². The van der Waals surface area contributed by atoms with Crippen LogP contribution in [-0.4, -0.2) is 4.57 Å². The van der Waals surface area contributed by atoms with Gasteiger partial charge < -0.3 is 9.47 Å². The number of aromatic nitrogens is 1. The zero-order chi connectivity index (χ0) is 45.5. The van der Waals surface area contributed by atoms with Gasteiger partial charge in [-0.15, -0.1) is 0 Å². The van der Waals surface area contributed by atoms with Gasteiger partial charge in [-0.05, 0) is 137 Å². The molecule has 69 heavy (non-hydrogen) atoms. The summed E-state index contributed by atoms with van der Waals surface area (Å²) in [6.45, 7) is 0. The van der Waals surface area contributed by atoms with Crippen molar-refractivity contribution in [3.63, 3.8) is 0 Å². The van der Waals surface area contributed by atoms with E-state index in [1.54, 1.807) is 0 Å². The minimum Gasteiger partial charge on any atom is -0.310 e. The second-order valence-corrected chi connectivity index (χ2v) is 18.3. The van der Waals surface area contributed by atoms with E-state index >= 15 is 0 Å². The first-order valence-corrected chi connectivity index (χ1v) is 23.9. The molecule has 0 unspecified atom stereocenters. The Hall–Kier alpha value is -8.98. The fourth-order valence-electron chi connectivity index (χ4n) is 12.0. The third kappa shape index (κ3) is 5.86. The molecule has 0 atom stereocenters. The summed E-state index contributed by atoms with van der Waals surface area (Å²) in [6, 6.07) is 98.7. The van der Waals surface area contributed by atoms with Gasteiger partial charge in [-0.25, -0.2) is 0 Å². The van der Waals surface area contributed by atoms with Gasteiger partial charge in [0, 0.05) is 33.5 Å². The number of fused-ring (bicyclic) bond motifs is 12. The Morgan fingerprint density at radius 3 is 1.45 bits per heavy atom. The number of benzene rings is 12. The molecule has 12 aromatic carbocycles. The molecule has 322 valence electrons. The fourth-order valence-corrected chi connectivity index (χ4v) is 12.0. The molecular formula is C67H44N2. The monoisotopic (exact) mass is 876 g/mol.